The van der Waals surface area contributed by atoms with Gasteiger partial charge in [0.05, 0.1) is 6.42 Å². The van der Waals surface area contributed by atoms with Gasteiger partial charge in [-0.05, 0) is 60.3 Å². The number of fused-ring (bicyclic) bond motifs is 1. The lowest BCUT2D eigenvalue weighted by Gasteiger charge is -2.34. The standard InChI is InChI=1S/C31H44N4O2/c1-35(22-36)31(32)34-29(17-15-23-8-3-2-4-9-23)20-24-10-7-13-28(19-24)33-30(37)21-25-14-16-26-11-5-6-12-27(26)18-25/h5-6,11-12,14,16,18,22-24,28-29H,2-4,7-10,13,15,17,19-21H2,1H3,(H2,32,34)(H,33,37)/t24-,28+,29+/m0/s1. The molecular weight excluding hydrogens is 460 g/mol. The number of guanidine groups is 1. The molecule has 0 radical (unpaired) electrons. The maximum Gasteiger partial charge on any atom is 0.224 e. The molecule has 6 nitrogen and oxygen atoms in total. The number of carbonyl (C=O) groups is 2. The Hall–Kier alpha value is -2.89. The Balaban J connectivity index is 1.30. The summed E-state index contributed by atoms with van der Waals surface area (Å²) in [5.74, 6) is 1.59. The zero-order valence-corrected chi connectivity index (χ0v) is 22.4. The van der Waals surface area contributed by atoms with E-state index >= 15 is 0 Å². The molecule has 37 heavy (non-hydrogen) atoms. The fourth-order valence-corrected chi connectivity index (χ4v) is 6.36. The van der Waals surface area contributed by atoms with Crippen LogP contribution in [-0.4, -0.2) is 42.3 Å². The van der Waals surface area contributed by atoms with Crippen molar-refractivity contribution < 1.29 is 9.59 Å². The second kappa shape index (κ2) is 13.6. The van der Waals surface area contributed by atoms with Crippen molar-refractivity contribution in [1.82, 2.24) is 15.5 Å². The highest BCUT2D eigenvalue weighted by Gasteiger charge is 2.27. The zero-order valence-electron chi connectivity index (χ0n) is 22.4. The molecule has 0 bridgehead atoms. The number of hydrogen-bond acceptors (Lipinski definition) is 3. The predicted molar refractivity (Wildman–Crippen MR) is 150 cm³/mol. The van der Waals surface area contributed by atoms with Crippen LogP contribution in [0.1, 0.15) is 82.6 Å². The van der Waals surface area contributed by atoms with E-state index < -0.39 is 0 Å². The van der Waals surface area contributed by atoms with E-state index in [0.717, 1.165) is 50.0 Å². The second-order valence-corrected chi connectivity index (χ2v) is 11.4. The molecule has 2 aromatic rings. The van der Waals surface area contributed by atoms with E-state index in [9.17, 15) is 9.59 Å². The first-order valence-corrected chi connectivity index (χ1v) is 14.3. The summed E-state index contributed by atoms with van der Waals surface area (Å²) in [5.41, 5.74) is 1.05. The highest BCUT2D eigenvalue weighted by Crippen LogP contribution is 2.32. The minimum Gasteiger partial charge on any atom is -0.353 e. The third-order valence-corrected chi connectivity index (χ3v) is 8.44. The molecule has 2 fully saturated rings. The Morgan fingerprint density at radius 1 is 1.03 bits per heavy atom. The summed E-state index contributed by atoms with van der Waals surface area (Å²) in [7, 11) is 1.63. The smallest absolute Gasteiger partial charge is 0.224 e. The number of nitrogens with zero attached hydrogens (tertiary/aromatic N) is 1. The number of rotatable bonds is 10. The molecule has 0 aliphatic heterocycles. The molecule has 0 unspecified atom stereocenters. The molecule has 200 valence electrons. The van der Waals surface area contributed by atoms with Crippen LogP contribution in [0.3, 0.4) is 0 Å². The first kappa shape index (κ1) is 27.2. The Kier molecular flexibility index (Phi) is 9.98. The quantitative estimate of drug-likeness (QED) is 0.217. The van der Waals surface area contributed by atoms with Crippen molar-refractivity contribution >= 4 is 29.0 Å². The molecule has 2 aliphatic carbocycles. The van der Waals surface area contributed by atoms with Crippen LogP contribution in [0.15, 0.2) is 42.5 Å². The fourth-order valence-electron chi connectivity index (χ4n) is 6.36. The Morgan fingerprint density at radius 3 is 2.57 bits per heavy atom. The van der Waals surface area contributed by atoms with Gasteiger partial charge in [0.2, 0.25) is 12.3 Å². The topological polar surface area (TPSA) is 85.3 Å². The van der Waals surface area contributed by atoms with Gasteiger partial charge in [0, 0.05) is 19.1 Å². The van der Waals surface area contributed by atoms with Crippen molar-refractivity contribution in [2.75, 3.05) is 7.05 Å². The molecule has 0 aromatic heterocycles. The average Bonchev–Trinajstić information content (AvgIpc) is 2.92. The minimum atomic E-state index is 0.0993. The molecule has 2 aromatic carbocycles. The predicted octanol–water partition coefficient (Wildman–Crippen LogP) is 5.79. The summed E-state index contributed by atoms with van der Waals surface area (Å²) in [6.07, 6.45) is 15.3. The van der Waals surface area contributed by atoms with Crippen molar-refractivity contribution in [3.8, 4) is 0 Å². The van der Waals surface area contributed by atoms with Crippen LogP contribution in [0.5, 0.6) is 0 Å². The highest BCUT2D eigenvalue weighted by atomic mass is 16.1. The molecule has 3 atom stereocenters. The van der Waals surface area contributed by atoms with E-state index in [2.05, 4.69) is 41.0 Å². The van der Waals surface area contributed by atoms with Crippen LogP contribution < -0.4 is 10.6 Å². The molecule has 2 saturated carbocycles. The van der Waals surface area contributed by atoms with E-state index in [4.69, 9.17) is 5.41 Å². The van der Waals surface area contributed by atoms with Crippen molar-refractivity contribution in [3.05, 3.63) is 48.0 Å². The maximum atomic E-state index is 12.9. The molecule has 6 heteroatoms. The van der Waals surface area contributed by atoms with Crippen LogP contribution in [0.4, 0.5) is 0 Å². The summed E-state index contributed by atoms with van der Waals surface area (Å²) in [4.78, 5) is 25.4. The monoisotopic (exact) mass is 504 g/mol. The van der Waals surface area contributed by atoms with Gasteiger partial charge in [-0.1, -0.05) is 87.4 Å². The molecule has 2 aliphatic rings. The lowest BCUT2D eigenvalue weighted by atomic mass is 9.79. The van der Waals surface area contributed by atoms with E-state index in [0.29, 0.717) is 18.7 Å². The summed E-state index contributed by atoms with van der Waals surface area (Å²) in [6.45, 7) is 0. The molecule has 4 rings (SSSR count). The van der Waals surface area contributed by atoms with Crippen molar-refractivity contribution in [3.63, 3.8) is 0 Å². The van der Waals surface area contributed by atoms with Crippen molar-refractivity contribution in [2.24, 2.45) is 11.8 Å². The molecule has 3 N–H and O–H groups in total. The van der Waals surface area contributed by atoms with E-state index in [1.807, 2.05) is 12.1 Å². The molecule has 2 amide bonds. The maximum absolute atomic E-state index is 12.9. The molecule has 0 heterocycles. The number of carbonyl (C=O) groups excluding carboxylic acids is 2. The largest absolute Gasteiger partial charge is 0.353 e. The van der Waals surface area contributed by atoms with Crippen LogP contribution in [0, 0.1) is 17.2 Å². The minimum absolute atomic E-state index is 0.0993. The highest BCUT2D eigenvalue weighted by molar-refractivity contribution is 5.86. The van der Waals surface area contributed by atoms with Gasteiger partial charge in [-0.15, -0.1) is 0 Å². The van der Waals surface area contributed by atoms with Gasteiger partial charge in [0.15, 0.2) is 5.96 Å². The van der Waals surface area contributed by atoms with E-state index in [-0.39, 0.29) is 24.0 Å². The zero-order chi connectivity index (χ0) is 26.0. The lowest BCUT2D eigenvalue weighted by molar-refractivity contribution is -0.121. The number of amides is 2. The van der Waals surface area contributed by atoms with E-state index in [1.54, 1.807) is 7.05 Å². The first-order valence-electron chi connectivity index (χ1n) is 14.3. The van der Waals surface area contributed by atoms with Gasteiger partial charge >= 0.3 is 0 Å². The normalized spacial score (nSPS) is 21.2. The Labute approximate surface area is 222 Å². The SMILES string of the molecule is CN(C=O)C(=N)N[C@H](CCC1CCCCC1)C[C@H]1CCC[C@@H](NC(=O)Cc2ccc3ccccc3c2)C1. The number of benzene rings is 2. The first-order chi connectivity index (χ1) is 18.0. The van der Waals surface area contributed by atoms with Crippen LogP contribution in [0.25, 0.3) is 10.8 Å². The number of hydrogen-bond donors (Lipinski definition) is 3. The summed E-state index contributed by atoms with van der Waals surface area (Å²) in [5, 5.41) is 17.3. The third kappa shape index (κ3) is 8.31. The Morgan fingerprint density at radius 2 is 1.78 bits per heavy atom. The van der Waals surface area contributed by atoms with Gasteiger partial charge in [-0.2, -0.15) is 0 Å². The molecule has 0 saturated heterocycles. The van der Waals surface area contributed by atoms with Crippen LogP contribution in [-0.2, 0) is 16.0 Å². The average molecular weight is 505 g/mol. The van der Waals surface area contributed by atoms with Crippen molar-refractivity contribution in [2.45, 2.75) is 95.6 Å². The van der Waals surface area contributed by atoms with Crippen LogP contribution in [0.2, 0.25) is 0 Å². The molecular formula is C31H44N4O2. The summed E-state index contributed by atoms with van der Waals surface area (Å²) in [6, 6.07) is 14.9. The Bertz CT molecular complexity index is 1050. The molecule has 0 spiro atoms. The van der Waals surface area contributed by atoms with Crippen molar-refractivity contribution in [1.29, 1.82) is 5.41 Å². The summed E-state index contributed by atoms with van der Waals surface area (Å²) >= 11 is 0. The fraction of sp³-hybridized carbons (Fsp3) is 0.581. The van der Waals surface area contributed by atoms with Gasteiger partial charge in [-0.3, -0.25) is 19.9 Å². The van der Waals surface area contributed by atoms with Gasteiger partial charge < -0.3 is 10.6 Å². The second-order valence-electron chi connectivity index (χ2n) is 11.4. The summed E-state index contributed by atoms with van der Waals surface area (Å²) < 4.78 is 0. The van der Waals surface area contributed by atoms with Gasteiger partial charge in [-0.25, -0.2) is 0 Å². The third-order valence-electron chi connectivity index (χ3n) is 8.44. The van der Waals surface area contributed by atoms with Gasteiger partial charge in [0.1, 0.15) is 0 Å². The number of nitrogens with one attached hydrogen (secondary N) is 3. The van der Waals surface area contributed by atoms with E-state index in [1.165, 1.54) is 54.2 Å². The lowest BCUT2D eigenvalue weighted by Crippen LogP contribution is -2.45. The van der Waals surface area contributed by atoms with Gasteiger partial charge in [0.25, 0.3) is 0 Å². The van der Waals surface area contributed by atoms with Crippen LogP contribution >= 0.6 is 0 Å².